The summed E-state index contributed by atoms with van der Waals surface area (Å²) in [5.41, 5.74) is 2.68. The molecule has 0 bridgehead atoms. The summed E-state index contributed by atoms with van der Waals surface area (Å²) in [7, 11) is 0. The Morgan fingerprint density at radius 2 is 2.28 bits per heavy atom. The van der Waals surface area contributed by atoms with Crippen molar-refractivity contribution in [2.75, 3.05) is 11.1 Å². The number of carbonyl (C=O) groups excluding carboxylic acids is 1. The second kappa shape index (κ2) is 7.54. The van der Waals surface area contributed by atoms with Crippen molar-refractivity contribution in [3.63, 3.8) is 0 Å². The van der Waals surface area contributed by atoms with Crippen LogP contribution in [0.5, 0.6) is 0 Å². The molecule has 7 heteroatoms. The zero-order valence-electron chi connectivity index (χ0n) is 14.5. The molecule has 0 aromatic carbocycles. The first-order valence-electron chi connectivity index (χ1n) is 8.26. The second-order valence-corrected chi connectivity index (χ2v) is 8.50. The molecule has 0 saturated carbocycles. The van der Waals surface area contributed by atoms with Gasteiger partial charge in [-0.2, -0.15) is 5.26 Å². The van der Waals surface area contributed by atoms with E-state index in [2.05, 4.69) is 28.3 Å². The number of carbonyl (C=O) groups is 1. The lowest BCUT2D eigenvalue weighted by molar-refractivity contribution is -0.113. The van der Waals surface area contributed by atoms with Crippen LogP contribution in [0.3, 0.4) is 0 Å². The third kappa shape index (κ3) is 4.20. The quantitative estimate of drug-likeness (QED) is 0.651. The molecule has 1 N–H and O–H groups in total. The number of anilines is 1. The number of nitriles is 1. The fourth-order valence-electron chi connectivity index (χ4n) is 3.02. The van der Waals surface area contributed by atoms with E-state index in [0.29, 0.717) is 22.3 Å². The summed E-state index contributed by atoms with van der Waals surface area (Å²) < 4.78 is 0. The number of nitrogens with one attached hydrogen (secondary N) is 1. The summed E-state index contributed by atoms with van der Waals surface area (Å²) in [4.78, 5) is 22.1. The molecule has 3 rings (SSSR count). The minimum atomic E-state index is -0.109. The van der Waals surface area contributed by atoms with Gasteiger partial charge in [-0.25, -0.2) is 9.97 Å². The number of amides is 1. The molecule has 2 aromatic heterocycles. The fourth-order valence-corrected chi connectivity index (χ4v) is 5.20. The van der Waals surface area contributed by atoms with Crippen molar-refractivity contribution < 1.29 is 4.79 Å². The van der Waals surface area contributed by atoms with Crippen LogP contribution < -0.4 is 5.32 Å². The van der Waals surface area contributed by atoms with Crippen LogP contribution in [0, 0.1) is 31.1 Å². The number of rotatable bonds is 4. The molecule has 0 radical (unpaired) electrons. The van der Waals surface area contributed by atoms with Gasteiger partial charge in [-0.15, -0.1) is 11.3 Å². The maximum Gasteiger partial charge on any atom is 0.235 e. The zero-order valence-corrected chi connectivity index (χ0v) is 16.2. The van der Waals surface area contributed by atoms with Crippen molar-refractivity contribution in [1.82, 2.24) is 9.97 Å². The minimum Gasteiger partial charge on any atom is -0.316 e. The van der Waals surface area contributed by atoms with Crippen molar-refractivity contribution in [1.29, 1.82) is 5.26 Å². The molecule has 0 saturated heterocycles. The largest absolute Gasteiger partial charge is 0.316 e. The molecule has 0 spiro atoms. The molecule has 1 atom stereocenters. The number of thiophene rings is 1. The number of nitrogens with zero attached hydrogens (tertiary/aromatic N) is 3. The van der Waals surface area contributed by atoms with Gasteiger partial charge in [0, 0.05) is 10.6 Å². The van der Waals surface area contributed by atoms with Crippen molar-refractivity contribution in [3.05, 3.63) is 33.6 Å². The topological polar surface area (TPSA) is 78.7 Å². The van der Waals surface area contributed by atoms with Crippen molar-refractivity contribution in [2.24, 2.45) is 5.92 Å². The third-order valence-corrected chi connectivity index (χ3v) is 6.25. The Labute approximate surface area is 155 Å². The summed E-state index contributed by atoms with van der Waals surface area (Å²) >= 11 is 2.94. The van der Waals surface area contributed by atoms with E-state index in [1.807, 2.05) is 19.9 Å². The molecule has 1 aliphatic carbocycles. The Morgan fingerprint density at radius 3 is 3.00 bits per heavy atom. The van der Waals surface area contributed by atoms with Crippen LogP contribution in [0.25, 0.3) is 0 Å². The molecule has 1 amide bonds. The Balaban J connectivity index is 1.68. The number of hydrogen-bond donors (Lipinski definition) is 1. The lowest BCUT2D eigenvalue weighted by Gasteiger charge is -2.17. The Morgan fingerprint density at radius 1 is 1.48 bits per heavy atom. The predicted octanol–water partition coefficient (Wildman–Crippen LogP) is 3.88. The van der Waals surface area contributed by atoms with Crippen LogP contribution in [-0.2, 0) is 17.6 Å². The molecule has 25 heavy (non-hydrogen) atoms. The number of aryl methyl sites for hydroxylation is 2. The van der Waals surface area contributed by atoms with Crippen LogP contribution in [0.1, 0.15) is 40.9 Å². The van der Waals surface area contributed by atoms with Crippen molar-refractivity contribution >= 4 is 34.0 Å². The molecule has 1 aliphatic rings. The molecule has 5 nitrogen and oxygen atoms in total. The average Bonchev–Trinajstić information content (AvgIpc) is 2.88. The molecule has 0 unspecified atom stereocenters. The maximum absolute atomic E-state index is 12.3. The Bertz CT molecular complexity index is 833. The van der Waals surface area contributed by atoms with Gasteiger partial charge < -0.3 is 5.32 Å². The van der Waals surface area contributed by atoms with Gasteiger partial charge in [0.1, 0.15) is 21.9 Å². The average molecular weight is 373 g/mol. The first-order valence-corrected chi connectivity index (χ1v) is 10.1. The first-order chi connectivity index (χ1) is 12.0. The molecule has 2 heterocycles. The van der Waals surface area contributed by atoms with Gasteiger partial charge in [-0.1, -0.05) is 18.7 Å². The second-order valence-electron chi connectivity index (χ2n) is 6.40. The molecular formula is C18H20N4OS2. The third-order valence-electron chi connectivity index (χ3n) is 4.17. The van der Waals surface area contributed by atoms with Gasteiger partial charge in [0.2, 0.25) is 5.91 Å². The van der Waals surface area contributed by atoms with E-state index in [-0.39, 0.29) is 11.7 Å². The molecular weight excluding hydrogens is 352 g/mol. The lowest BCUT2D eigenvalue weighted by atomic mass is 9.89. The highest BCUT2D eigenvalue weighted by Crippen LogP contribution is 2.39. The van der Waals surface area contributed by atoms with Gasteiger partial charge in [-0.3, -0.25) is 4.79 Å². The van der Waals surface area contributed by atoms with Gasteiger partial charge in [-0.05, 0) is 50.7 Å². The van der Waals surface area contributed by atoms with E-state index in [4.69, 9.17) is 0 Å². The molecule has 0 aliphatic heterocycles. The highest BCUT2D eigenvalue weighted by atomic mass is 32.2. The Kier molecular flexibility index (Phi) is 5.40. The monoisotopic (exact) mass is 372 g/mol. The summed E-state index contributed by atoms with van der Waals surface area (Å²) in [6.07, 6.45) is 3.03. The van der Waals surface area contributed by atoms with Crippen LogP contribution in [0.2, 0.25) is 0 Å². The predicted molar refractivity (Wildman–Crippen MR) is 101 cm³/mol. The maximum atomic E-state index is 12.3. The molecule has 130 valence electrons. The molecule has 0 fully saturated rings. The molecule has 2 aromatic rings. The highest BCUT2D eigenvalue weighted by Gasteiger charge is 2.24. The first kappa shape index (κ1) is 17.9. The number of thioether (sulfide) groups is 1. The fraction of sp³-hybridized carbons (Fsp3) is 0.444. The van der Waals surface area contributed by atoms with E-state index in [1.54, 1.807) is 11.3 Å². The van der Waals surface area contributed by atoms with E-state index in [0.717, 1.165) is 35.5 Å². The number of aromatic nitrogens is 2. The Hall–Kier alpha value is -1.91. The van der Waals surface area contributed by atoms with Crippen molar-refractivity contribution in [2.45, 2.75) is 45.1 Å². The summed E-state index contributed by atoms with van der Waals surface area (Å²) in [6, 6.07) is 4.15. The summed E-state index contributed by atoms with van der Waals surface area (Å²) in [6.45, 7) is 5.98. The summed E-state index contributed by atoms with van der Waals surface area (Å²) in [5.74, 6) is 1.50. The van der Waals surface area contributed by atoms with E-state index in [1.165, 1.54) is 16.6 Å². The van der Waals surface area contributed by atoms with Gasteiger partial charge in [0.25, 0.3) is 0 Å². The minimum absolute atomic E-state index is 0.109. The van der Waals surface area contributed by atoms with Gasteiger partial charge >= 0.3 is 0 Å². The normalized spacial score (nSPS) is 16.2. The van der Waals surface area contributed by atoms with E-state index < -0.39 is 0 Å². The van der Waals surface area contributed by atoms with Crippen LogP contribution in [0.4, 0.5) is 5.00 Å². The van der Waals surface area contributed by atoms with E-state index in [9.17, 15) is 10.1 Å². The van der Waals surface area contributed by atoms with Crippen LogP contribution >= 0.6 is 23.1 Å². The van der Waals surface area contributed by atoms with Crippen LogP contribution in [-0.4, -0.2) is 21.6 Å². The standard InChI is InChI=1S/C18H20N4OS2/c1-10-4-5-13-14(8-19)18(25-15(13)6-10)22-16(23)9-24-17-7-11(2)20-12(3)21-17/h7,10H,4-6,9H2,1-3H3,(H,22,23)/t10-/m1/s1. The smallest absolute Gasteiger partial charge is 0.235 e. The zero-order chi connectivity index (χ0) is 18.0. The van der Waals surface area contributed by atoms with Crippen LogP contribution in [0.15, 0.2) is 11.1 Å². The lowest BCUT2D eigenvalue weighted by Crippen LogP contribution is -2.14. The highest BCUT2D eigenvalue weighted by molar-refractivity contribution is 7.99. The van der Waals surface area contributed by atoms with Gasteiger partial charge in [0.15, 0.2) is 0 Å². The van der Waals surface area contributed by atoms with Crippen molar-refractivity contribution in [3.8, 4) is 6.07 Å². The van der Waals surface area contributed by atoms with Gasteiger partial charge in [0.05, 0.1) is 11.3 Å². The number of hydrogen-bond acceptors (Lipinski definition) is 6. The van der Waals surface area contributed by atoms with E-state index >= 15 is 0 Å². The SMILES string of the molecule is Cc1cc(SCC(=O)Nc2sc3c(c2C#N)CC[C@@H](C)C3)nc(C)n1. The number of fused-ring (bicyclic) bond motifs is 1. The summed E-state index contributed by atoms with van der Waals surface area (Å²) in [5, 5.41) is 13.9.